The third kappa shape index (κ3) is 7.67. The fraction of sp³-hybridized carbons (Fsp3) is 0.608. The highest BCUT2D eigenvalue weighted by atomic mass is 32.2. The summed E-state index contributed by atoms with van der Waals surface area (Å²) in [6, 6.07) is 2.95. The van der Waals surface area contributed by atoms with Crippen molar-refractivity contribution in [1.29, 1.82) is 0 Å². The Morgan fingerprint density at radius 2 is 0.663 bits per heavy atom. The maximum Gasteiger partial charge on any atom is 0.342 e. The third-order valence-electron chi connectivity index (χ3n) is 18.3. The van der Waals surface area contributed by atoms with Gasteiger partial charge in [0.2, 0.25) is 0 Å². The van der Waals surface area contributed by atoms with Gasteiger partial charge in [-0.25, -0.2) is 48.4 Å². The van der Waals surface area contributed by atoms with Gasteiger partial charge in [-0.2, -0.15) is 47.0 Å². The molecule has 10 fully saturated rings. The molecule has 0 N–H and O–H groups in total. The molecule has 16 amide bonds. The topological polar surface area (TPSA) is 225 Å². The highest BCUT2D eigenvalue weighted by molar-refractivity contribution is 7.99. The minimum absolute atomic E-state index is 0.0414. The van der Waals surface area contributed by atoms with Crippen molar-refractivity contribution in [3.63, 3.8) is 0 Å². The van der Waals surface area contributed by atoms with Crippen LogP contribution in [0.1, 0.15) is 36.1 Å². The molecule has 0 atom stereocenters. The monoisotopic (exact) mass is 1220 g/mol. The number of ether oxygens (including phenoxy) is 4. The molecule has 83 heavy (non-hydrogen) atoms. The lowest BCUT2D eigenvalue weighted by Gasteiger charge is -2.42. The van der Waals surface area contributed by atoms with E-state index in [2.05, 4.69) is 0 Å². The van der Waals surface area contributed by atoms with Crippen molar-refractivity contribution in [2.24, 2.45) is 0 Å². The molecule has 2 aromatic rings. The Labute approximate surface area is 495 Å². The van der Waals surface area contributed by atoms with Crippen LogP contribution in [-0.2, 0) is 26.2 Å². The van der Waals surface area contributed by atoms with Gasteiger partial charge in [0.25, 0.3) is 0 Å². The summed E-state index contributed by atoms with van der Waals surface area (Å²) in [4.78, 5) is 143. The summed E-state index contributed by atoms with van der Waals surface area (Å²) in [5.41, 5.74) is 1.52. The standard InChI is InChI=1S/C51H64N16O12S4/c1-29-52-19-30-31(35(77-12-16-81-4)8-7-34(30)76-11-15-80-3)20-53(29)50(75)67-28-61-41-40-56(45(70)60(41)27-66(67)49(52)74)23-54-38-39-58(43(54)68)25-62-42-51(2)64(47(62)72)21-32-33(37(79-14-18-83-6)10-9-36(32)78-13-17-82-5)22-65(51)48(73)63(42)26-59(39)44(69)55(38)24-57(40)46(61)71/h7-10,29,38-42H,11-28H2,1-6H3. The summed E-state index contributed by atoms with van der Waals surface area (Å²) in [6.45, 7) is 3.18. The molecule has 0 aromatic heterocycles. The number of amides is 16. The fourth-order valence-electron chi connectivity index (χ4n) is 14.2. The van der Waals surface area contributed by atoms with Gasteiger partial charge in [-0.3, -0.25) is 68.6 Å². The molecule has 0 unspecified atom stereocenters. The average molecular weight is 1220 g/mol. The van der Waals surface area contributed by atoms with Crippen molar-refractivity contribution < 1.29 is 57.3 Å². The largest absolute Gasteiger partial charge is 0.492 e. The number of carbonyl (C=O) groups excluding carboxylic acids is 8. The first-order valence-corrected chi connectivity index (χ1v) is 33.1. The summed E-state index contributed by atoms with van der Waals surface area (Å²) in [5.74, 6) is 5.18. The molecule has 0 radical (unpaired) electrons. The molecule has 2 bridgehead atoms. The maximum absolute atomic E-state index is 15.4. The molecule has 12 aliphatic rings. The Balaban J connectivity index is 0.781. The Hall–Kier alpha value is -6.80. The van der Waals surface area contributed by atoms with Gasteiger partial charge in [-0.15, -0.1) is 0 Å². The molecule has 0 saturated carbocycles. The van der Waals surface area contributed by atoms with Crippen LogP contribution in [0.3, 0.4) is 0 Å². The fourth-order valence-corrected chi connectivity index (χ4v) is 15.2. The normalized spacial score (nSPS) is 27.4. The van der Waals surface area contributed by atoms with E-state index in [4.69, 9.17) is 18.9 Å². The molecule has 12 aliphatic heterocycles. The quantitative estimate of drug-likeness (QED) is 0.219. The Morgan fingerprint density at radius 1 is 0.386 bits per heavy atom. The van der Waals surface area contributed by atoms with Crippen LogP contribution in [0.15, 0.2) is 24.3 Å². The zero-order valence-corrected chi connectivity index (χ0v) is 50.0. The second kappa shape index (κ2) is 20.2. The van der Waals surface area contributed by atoms with Gasteiger partial charge < -0.3 is 18.9 Å². The van der Waals surface area contributed by atoms with Crippen molar-refractivity contribution >= 4 is 95.3 Å². The van der Waals surface area contributed by atoms with Crippen LogP contribution in [0.5, 0.6) is 23.0 Å². The molecule has 32 heteroatoms. The number of hydrogen-bond acceptors (Lipinski definition) is 16. The summed E-state index contributed by atoms with van der Waals surface area (Å²) in [5, 5.41) is 2.43. The van der Waals surface area contributed by atoms with E-state index >= 15 is 38.4 Å². The number of carbonyl (C=O) groups is 8. The summed E-state index contributed by atoms with van der Waals surface area (Å²) >= 11 is 6.55. The smallest absolute Gasteiger partial charge is 0.342 e. The van der Waals surface area contributed by atoms with Gasteiger partial charge in [-0.1, -0.05) is 0 Å². The first-order chi connectivity index (χ1) is 40.2. The summed E-state index contributed by atoms with van der Waals surface area (Å²) < 4.78 is 25.3. The van der Waals surface area contributed by atoms with Crippen LogP contribution in [0.4, 0.5) is 38.4 Å². The molecule has 12 heterocycles. The van der Waals surface area contributed by atoms with E-state index in [0.717, 1.165) is 23.0 Å². The number of benzene rings is 2. The molecule has 2 aromatic carbocycles. The Bertz CT molecular complexity index is 2950. The molecule has 444 valence electrons. The number of hydrogen-bond donors (Lipinski definition) is 0. The highest BCUT2D eigenvalue weighted by Gasteiger charge is 2.73. The molecular formula is C51H64N16O12S4. The molecular weight excluding hydrogens is 1160 g/mol. The predicted octanol–water partition coefficient (Wildman–Crippen LogP) is 3.66. The first-order valence-electron chi connectivity index (χ1n) is 27.5. The number of fused-ring (bicyclic) bond motifs is 5. The van der Waals surface area contributed by atoms with Gasteiger partial charge in [0, 0.05) is 45.3 Å². The molecule has 10 saturated heterocycles. The highest BCUT2D eigenvalue weighted by Crippen LogP contribution is 2.53. The molecule has 0 aliphatic carbocycles. The van der Waals surface area contributed by atoms with Gasteiger partial charge in [0.1, 0.15) is 69.2 Å². The van der Waals surface area contributed by atoms with Gasteiger partial charge >= 0.3 is 48.2 Å². The summed E-state index contributed by atoms with van der Waals surface area (Å²) in [7, 11) is 0. The number of nitrogens with zero attached hydrogens (tertiary/aromatic N) is 16. The lowest BCUT2D eigenvalue weighted by Crippen LogP contribution is -2.63. The van der Waals surface area contributed by atoms with E-state index in [1.807, 2.05) is 56.2 Å². The zero-order chi connectivity index (χ0) is 57.7. The van der Waals surface area contributed by atoms with Gasteiger partial charge in [0.05, 0.1) is 52.6 Å². The minimum Gasteiger partial charge on any atom is -0.492 e. The van der Waals surface area contributed by atoms with Gasteiger partial charge in [-0.05, 0) is 63.1 Å². The second-order valence-electron chi connectivity index (χ2n) is 22.2. The number of thioether (sulfide) groups is 4. The van der Waals surface area contributed by atoms with Crippen molar-refractivity contribution in [2.45, 2.75) is 82.7 Å². The average Bonchev–Trinajstić information content (AvgIpc) is 1.56. The van der Waals surface area contributed by atoms with Crippen molar-refractivity contribution in [2.75, 3.05) is 114 Å². The minimum atomic E-state index is -1.30. The summed E-state index contributed by atoms with van der Waals surface area (Å²) in [6.07, 6.45) is 1.87. The molecule has 28 nitrogen and oxygen atoms in total. The van der Waals surface area contributed by atoms with Crippen molar-refractivity contribution in [3.8, 4) is 23.0 Å². The van der Waals surface area contributed by atoms with Crippen LogP contribution < -0.4 is 18.9 Å². The van der Waals surface area contributed by atoms with Crippen molar-refractivity contribution in [3.05, 3.63) is 46.5 Å². The predicted molar refractivity (Wildman–Crippen MR) is 302 cm³/mol. The van der Waals surface area contributed by atoms with Crippen LogP contribution in [0.25, 0.3) is 0 Å². The lowest BCUT2D eigenvalue weighted by molar-refractivity contribution is -0.0266. The molecule has 0 spiro atoms. The van der Waals surface area contributed by atoms with E-state index < -0.39 is 104 Å². The van der Waals surface area contributed by atoms with Crippen LogP contribution in [0.2, 0.25) is 0 Å². The Kier molecular flexibility index (Phi) is 13.2. The zero-order valence-electron chi connectivity index (χ0n) is 46.7. The van der Waals surface area contributed by atoms with E-state index in [-0.39, 0.29) is 52.9 Å². The SMILES string of the molecule is CSCCOc1ccc(OCCSC)c2c1CN1C(=O)N3CN4C(=O)N5CN6C(=O)N7CN8C(=O)N9Cc%10c(OCCSC)ccc(OCCSC)c%10CN%10C(=O)N(CN%11C(=O)N(CN%12C(=O)N(CN3C(=O)N(C2)C1C)C4C5%12)C6C7%11)C8C9%10C. The third-order valence-corrected chi connectivity index (χ3v) is 20.6. The van der Waals surface area contributed by atoms with Crippen molar-refractivity contribution in [1.82, 2.24) is 78.6 Å². The van der Waals surface area contributed by atoms with Crippen LogP contribution >= 0.6 is 47.0 Å². The van der Waals surface area contributed by atoms with E-state index in [1.54, 1.807) is 73.6 Å². The number of rotatable bonds is 16. The lowest BCUT2D eigenvalue weighted by atomic mass is 10.0. The molecule has 14 rings (SSSR count). The maximum atomic E-state index is 15.4. The Morgan fingerprint density at radius 3 is 0.964 bits per heavy atom. The van der Waals surface area contributed by atoms with E-state index in [9.17, 15) is 0 Å². The van der Waals surface area contributed by atoms with Gasteiger partial charge in [0.15, 0.2) is 36.5 Å². The van der Waals surface area contributed by atoms with E-state index in [1.165, 1.54) is 59.0 Å². The van der Waals surface area contributed by atoms with E-state index in [0.29, 0.717) is 71.7 Å². The number of hydrazine groups is 1. The second-order valence-corrected chi connectivity index (χ2v) is 26.1. The first kappa shape index (κ1) is 54.2. The van der Waals surface area contributed by atoms with Crippen LogP contribution in [-0.4, -0.2) is 284 Å². The number of urea groups is 8. The van der Waals surface area contributed by atoms with Crippen LogP contribution in [0, 0.1) is 0 Å².